The molecule has 9 nitrogen and oxygen atoms in total. The zero-order chi connectivity index (χ0) is 25.2. The zero-order valence-electron chi connectivity index (χ0n) is 20.8. The Labute approximate surface area is 211 Å². The number of fused-ring (bicyclic) bond motifs is 3. The van der Waals surface area contributed by atoms with Crippen molar-refractivity contribution in [3.05, 3.63) is 16.8 Å². The first-order valence-corrected chi connectivity index (χ1v) is 14.9. The Kier molecular flexibility index (Phi) is 7.87. The van der Waals surface area contributed by atoms with Crippen molar-refractivity contribution in [2.45, 2.75) is 95.8 Å². The summed E-state index contributed by atoms with van der Waals surface area (Å²) >= 11 is 1.68. The third-order valence-electron chi connectivity index (χ3n) is 6.37. The van der Waals surface area contributed by atoms with Crippen molar-refractivity contribution < 1.29 is 26.9 Å². The van der Waals surface area contributed by atoms with E-state index in [1.54, 1.807) is 17.7 Å². The number of aryl methyl sites for hydroxylation is 1. The molecule has 1 N–H and O–H groups in total. The second kappa shape index (κ2) is 10.6. The lowest BCUT2D eigenvalue weighted by Crippen LogP contribution is -2.42. The largest absolute Gasteiger partial charge is 0.474 e. The van der Waals surface area contributed by atoms with Gasteiger partial charge in [-0.05, 0) is 83.6 Å². The van der Waals surface area contributed by atoms with E-state index in [1.807, 2.05) is 20.8 Å². The molecule has 0 spiro atoms. The second-order valence-electron chi connectivity index (χ2n) is 10.4. The molecule has 2 aromatic heterocycles. The van der Waals surface area contributed by atoms with Crippen molar-refractivity contribution in [2.75, 3.05) is 12.9 Å². The highest BCUT2D eigenvalue weighted by Crippen LogP contribution is 2.46. The molecule has 4 rings (SSSR count). The number of rotatable bonds is 7. The van der Waals surface area contributed by atoms with E-state index in [1.165, 1.54) is 10.4 Å². The van der Waals surface area contributed by atoms with Gasteiger partial charge in [-0.2, -0.15) is 8.42 Å². The normalized spacial score (nSPS) is 23.0. The van der Waals surface area contributed by atoms with Crippen LogP contribution in [0.3, 0.4) is 0 Å². The standard InChI is InChI=1S/C24H35N3O6S2/c1-24(2,3)33-23(28)27-16-8-10-17(11-9-16)32-21-20-19-15(12-13-31-35(4,29)30)6-5-7-18(19)34-22(20)26-14-25-21/h14-17H,5-13H2,1-4H3,(H,27,28)/t15-,16-,17-/m1/s1. The third kappa shape index (κ3) is 7.04. The van der Waals surface area contributed by atoms with Gasteiger partial charge in [-0.3, -0.25) is 4.18 Å². The van der Waals surface area contributed by atoms with Crippen LogP contribution in [-0.4, -0.2) is 55.1 Å². The van der Waals surface area contributed by atoms with Crippen LogP contribution in [0.15, 0.2) is 6.33 Å². The molecule has 0 bridgehead atoms. The number of hydrogen-bond donors (Lipinski definition) is 1. The van der Waals surface area contributed by atoms with Gasteiger partial charge in [0.15, 0.2) is 0 Å². The second-order valence-corrected chi connectivity index (χ2v) is 13.2. The SMILES string of the molecule is CC(C)(C)OC(=O)N[C@H]1CC[C@H](Oc2ncnc3sc4c(c23)[C@@H](CCOS(C)(=O)=O)CCC4)CC1. The molecule has 2 aromatic rings. The summed E-state index contributed by atoms with van der Waals surface area (Å²) in [4.78, 5) is 23.3. The zero-order valence-corrected chi connectivity index (χ0v) is 22.5. The van der Waals surface area contributed by atoms with Gasteiger partial charge in [0.2, 0.25) is 5.88 Å². The first-order chi connectivity index (χ1) is 16.5. The summed E-state index contributed by atoms with van der Waals surface area (Å²) in [6.07, 6.45) is 9.15. The van der Waals surface area contributed by atoms with Crippen molar-refractivity contribution in [1.82, 2.24) is 15.3 Å². The smallest absolute Gasteiger partial charge is 0.407 e. The average molecular weight is 526 g/mol. The Bertz CT molecular complexity index is 1150. The number of alkyl carbamates (subject to hydrolysis) is 1. The molecule has 35 heavy (non-hydrogen) atoms. The van der Waals surface area contributed by atoms with E-state index in [0.29, 0.717) is 12.3 Å². The molecule has 1 amide bonds. The van der Waals surface area contributed by atoms with Crippen LogP contribution in [0.1, 0.15) is 82.1 Å². The highest BCUT2D eigenvalue weighted by molar-refractivity contribution is 7.85. The number of amides is 1. The Balaban J connectivity index is 1.43. The van der Waals surface area contributed by atoms with Gasteiger partial charge in [0, 0.05) is 10.9 Å². The van der Waals surface area contributed by atoms with Crippen LogP contribution in [0.25, 0.3) is 10.2 Å². The molecule has 194 valence electrons. The molecule has 1 fully saturated rings. The van der Waals surface area contributed by atoms with Crippen molar-refractivity contribution >= 4 is 37.8 Å². The van der Waals surface area contributed by atoms with Crippen molar-refractivity contribution in [3.8, 4) is 5.88 Å². The van der Waals surface area contributed by atoms with Crippen molar-refractivity contribution in [1.29, 1.82) is 0 Å². The van der Waals surface area contributed by atoms with Crippen LogP contribution >= 0.6 is 11.3 Å². The predicted molar refractivity (Wildman–Crippen MR) is 135 cm³/mol. The summed E-state index contributed by atoms with van der Waals surface area (Å²) in [6.45, 7) is 5.73. The first kappa shape index (κ1) is 26.1. The Hall–Kier alpha value is -1.98. The van der Waals surface area contributed by atoms with Gasteiger partial charge in [-0.25, -0.2) is 14.8 Å². The predicted octanol–water partition coefficient (Wildman–Crippen LogP) is 4.69. The molecular formula is C24H35N3O6S2. The molecular weight excluding hydrogens is 490 g/mol. The van der Waals surface area contributed by atoms with Crippen molar-refractivity contribution in [2.24, 2.45) is 0 Å². The number of carbonyl (C=O) groups is 1. The number of carbonyl (C=O) groups excluding carboxylic acids is 1. The minimum absolute atomic E-state index is 0.0101. The Morgan fingerprint density at radius 1 is 1.17 bits per heavy atom. The minimum Gasteiger partial charge on any atom is -0.474 e. The maximum absolute atomic E-state index is 12.1. The first-order valence-electron chi connectivity index (χ1n) is 12.3. The number of nitrogens with one attached hydrogen (secondary N) is 1. The number of nitrogens with zero attached hydrogens (tertiary/aromatic N) is 2. The molecule has 0 aromatic carbocycles. The molecule has 0 radical (unpaired) electrons. The van der Waals surface area contributed by atoms with Gasteiger partial charge in [0.25, 0.3) is 10.1 Å². The number of thiophene rings is 1. The fraction of sp³-hybridized carbons (Fsp3) is 0.708. The summed E-state index contributed by atoms with van der Waals surface area (Å²) < 4.78 is 39.6. The van der Waals surface area contributed by atoms with Crippen LogP contribution in [0.4, 0.5) is 4.79 Å². The van der Waals surface area contributed by atoms with E-state index >= 15 is 0 Å². The highest BCUT2D eigenvalue weighted by Gasteiger charge is 2.30. The van der Waals surface area contributed by atoms with Crippen LogP contribution in [0.5, 0.6) is 5.88 Å². The van der Waals surface area contributed by atoms with E-state index in [4.69, 9.17) is 13.7 Å². The maximum Gasteiger partial charge on any atom is 0.407 e. The summed E-state index contributed by atoms with van der Waals surface area (Å²) in [5.41, 5.74) is 0.682. The fourth-order valence-electron chi connectivity index (χ4n) is 4.92. The van der Waals surface area contributed by atoms with Crippen LogP contribution in [0, 0.1) is 0 Å². The third-order valence-corrected chi connectivity index (χ3v) is 8.14. The van der Waals surface area contributed by atoms with E-state index in [0.717, 1.165) is 61.4 Å². The minimum atomic E-state index is -3.46. The average Bonchev–Trinajstić information content (AvgIpc) is 3.13. The number of hydrogen-bond acceptors (Lipinski definition) is 9. The van der Waals surface area contributed by atoms with E-state index in [9.17, 15) is 13.2 Å². The van der Waals surface area contributed by atoms with Crippen LogP contribution in [-0.2, 0) is 25.5 Å². The lowest BCUT2D eigenvalue weighted by Gasteiger charge is -2.30. The van der Waals surface area contributed by atoms with Gasteiger partial charge in [0.05, 0.1) is 18.2 Å². The molecule has 2 heterocycles. The summed E-state index contributed by atoms with van der Waals surface area (Å²) in [5.74, 6) is 0.795. The Morgan fingerprint density at radius 3 is 2.60 bits per heavy atom. The summed E-state index contributed by atoms with van der Waals surface area (Å²) in [7, 11) is -3.46. The molecule has 1 saturated carbocycles. The molecule has 0 aliphatic heterocycles. The number of aromatic nitrogens is 2. The van der Waals surface area contributed by atoms with Gasteiger partial charge in [-0.1, -0.05) is 0 Å². The highest BCUT2D eigenvalue weighted by atomic mass is 32.2. The fourth-order valence-corrected chi connectivity index (χ4v) is 6.58. The molecule has 2 aliphatic carbocycles. The molecule has 0 unspecified atom stereocenters. The van der Waals surface area contributed by atoms with Gasteiger partial charge in [-0.15, -0.1) is 11.3 Å². The van der Waals surface area contributed by atoms with E-state index in [2.05, 4.69) is 15.3 Å². The van der Waals surface area contributed by atoms with Crippen LogP contribution in [0.2, 0.25) is 0 Å². The van der Waals surface area contributed by atoms with Crippen molar-refractivity contribution in [3.63, 3.8) is 0 Å². The van der Waals surface area contributed by atoms with Gasteiger partial charge >= 0.3 is 6.09 Å². The molecule has 2 aliphatic rings. The van der Waals surface area contributed by atoms with Crippen LogP contribution < -0.4 is 10.1 Å². The number of ether oxygens (including phenoxy) is 2. The monoisotopic (exact) mass is 525 g/mol. The molecule has 1 atom stereocenters. The Morgan fingerprint density at radius 2 is 1.91 bits per heavy atom. The molecule has 0 saturated heterocycles. The summed E-state index contributed by atoms with van der Waals surface area (Å²) in [5, 5.41) is 3.93. The topological polar surface area (TPSA) is 117 Å². The lowest BCUT2D eigenvalue weighted by atomic mass is 9.84. The molecule has 11 heteroatoms. The van der Waals surface area contributed by atoms with E-state index < -0.39 is 15.7 Å². The maximum atomic E-state index is 12.1. The van der Waals surface area contributed by atoms with E-state index in [-0.39, 0.29) is 30.8 Å². The van der Waals surface area contributed by atoms with Gasteiger partial charge < -0.3 is 14.8 Å². The lowest BCUT2D eigenvalue weighted by molar-refractivity contribution is 0.0470. The quantitative estimate of drug-likeness (QED) is 0.518. The summed E-state index contributed by atoms with van der Waals surface area (Å²) in [6, 6.07) is 0.0725. The van der Waals surface area contributed by atoms with Gasteiger partial charge in [0.1, 0.15) is 22.9 Å².